The van der Waals surface area contributed by atoms with E-state index < -0.39 is 38.7 Å². The Hall–Kier alpha value is 1.16. The molecule has 6 fully saturated rings. The summed E-state index contributed by atoms with van der Waals surface area (Å²) < 4.78 is 32.7. The monoisotopic (exact) mass is 794 g/mol. The molecule has 0 saturated heterocycles. The van der Waals surface area contributed by atoms with Gasteiger partial charge >= 0.3 is 315 Å². The second-order valence-electron chi connectivity index (χ2n) is 18.8. The molecule has 0 spiro atoms. The molecule has 0 aromatic heterocycles. The molecular formula is C42H80O4Si2Zr. The molecular weight excluding hydrogens is 716 g/mol. The maximum atomic E-state index is 8.71. The Morgan fingerprint density at radius 2 is 0.510 bits per heavy atom. The third kappa shape index (κ3) is 9.52. The van der Waals surface area contributed by atoms with Gasteiger partial charge in [-0.1, -0.05) is 0 Å². The van der Waals surface area contributed by atoms with Crippen molar-refractivity contribution in [3.8, 4) is 0 Å². The van der Waals surface area contributed by atoms with Crippen LogP contribution in [0.2, 0.25) is 33.2 Å². The first-order valence-corrected chi connectivity index (χ1v) is 30.9. The van der Waals surface area contributed by atoms with Gasteiger partial charge in [0.1, 0.15) is 0 Å². The van der Waals surface area contributed by atoms with Crippen LogP contribution < -0.4 is 0 Å². The molecule has 0 heterocycles. The van der Waals surface area contributed by atoms with E-state index in [1.54, 1.807) is 0 Å². The molecule has 6 saturated carbocycles. The van der Waals surface area contributed by atoms with E-state index in [0.717, 1.165) is 33.2 Å². The van der Waals surface area contributed by atoms with E-state index in [-0.39, 0.29) is 12.2 Å². The van der Waals surface area contributed by atoms with Gasteiger partial charge in [-0.05, 0) is 0 Å². The standard InChI is InChI=1S/2C18H33OSi.2C3H7O.Zr/c2*19-20(16-10-4-1-5-11-16,17-12-6-2-7-13-17)18-14-8-3-9-15-18;2*1-3(2)4;/h2*16-18H,1-15H2;2*3H,1-2H3;/q4*-1;+4. The second kappa shape index (κ2) is 19.1. The van der Waals surface area contributed by atoms with Gasteiger partial charge in [0.25, 0.3) is 0 Å². The van der Waals surface area contributed by atoms with E-state index in [1.165, 1.54) is 193 Å². The Morgan fingerprint density at radius 3 is 0.673 bits per heavy atom. The molecule has 0 radical (unpaired) electrons. The molecule has 0 aliphatic heterocycles. The van der Waals surface area contributed by atoms with Gasteiger partial charge in [-0.25, -0.2) is 0 Å². The fourth-order valence-corrected chi connectivity index (χ4v) is 46.1. The van der Waals surface area contributed by atoms with Crippen molar-refractivity contribution < 1.29 is 32.7 Å². The van der Waals surface area contributed by atoms with Crippen molar-refractivity contribution in [3.05, 3.63) is 0 Å². The van der Waals surface area contributed by atoms with Crippen molar-refractivity contribution in [1.29, 1.82) is 0 Å². The first-order chi connectivity index (χ1) is 23.9. The van der Waals surface area contributed by atoms with Crippen LogP contribution in [0.5, 0.6) is 0 Å². The molecule has 0 atom stereocenters. The first-order valence-electron chi connectivity index (χ1n) is 22.6. The van der Waals surface area contributed by atoms with Gasteiger partial charge in [0.05, 0.1) is 0 Å². The van der Waals surface area contributed by atoms with Crippen molar-refractivity contribution in [3.63, 3.8) is 0 Å². The summed E-state index contributed by atoms with van der Waals surface area (Å²) in [6.07, 6.45) is 42.5. The van der Waals surface area contributed by atoms with Crippen LogP contribution in [-0.2, 0) is 32.7 Å². The summed E-state index contributed by atoms with van der Waals surface area (Å²) in [4.78, 5) is 0. The van der Waals surface area contributed by atoms with Crippen LogP contribution in [0.25, 0.3) is 0 Å². The Labute approximate surface area is 313 Å². The predicted molar refractivity (Wildman–Crippen MR) is 207 cm³/mol. The van der Waals surface area contributed by atoms with Crippen LogP contribution in [0.3, 0.4) is 0 Å². The maximum absolute atomic E-state index is 8.71. The van der Waals surface area contributed by atoms with Gasteiger partial charge < -0.3 is 0 Å². The summed E-state index contributed by atoms with van der Waals surface area (Å²) in [5.41, 5.74) is 4.63. The van der Waals surface area contributed by atoms with Gasteiger partial charge in [-0.15, -0.1) is 0 Å². The van der Waals surface area contributed by atoms with E-state index in [4.69, 9.17) is 10.6 Å². The average Bonchev–Trinajstić information content (AvgIpc) is 3.14. The minimum atomic E-state index is -4.71. The fourth-order valence-electron chi connectivity index (χ4n) is 13.0. The van der Waals surface area contributed by atoms with Crippen LogP contribution in [0, 0.1) is 0 Å². The van der Waals surface area contributed by atoms with E-state index >= 15 is 0 Å². The number of rotatable bonds is 14. The molecule has 7 heteroatoms. The quantitative estimate of drug-likeness (QED) is 0.164. The van der Waals surface area contributed by atoms with E-state index in [2.05, 4.69) is 27.7 Å². The Kier molecular flexibility index (Phi) is 15.6. The molecule has 0 N–H and O–H groups in total. The summed E-state index contributed by atoms with van der Waals surface area (Å²) in [6.45, 7) is 9.16. The van der Waals surface area contributed by atoms with Crippen molar-refractivity contribution in [2.24, 2.45) is 0 Å². The Bertz CT molecular complexity index is 775. The van der Waals surface area contributed by atoms with Crippen LogP contribution in [-0.4, -0.2) is 28.8 Å². The van der Waals surface area contributed by atoms with Crippen LogP contribution >= 0.6 is 0 Å². The van der Waals surface area contributed by atoms with Gasteiger partial charge in [0.15, 0.2) is 0 Å². The van der Waals surface area contributed by atoms with E-state index in [9.17, 15) is 0 Å². The van der Waals surface area contributed by atoms with E-state index in [0.29, 0.717) is 0 Å². The average molecular weight is 796 g/mol. The van der Waals surface area contributed by atoms with Crippen molar-refractivity contribution >= 4 is 16.6 Å². The predicted octanol–water partition coefficient (Wildman–Crippen LogP) is 14.6. The SMILES string of the molecule is CC(C)[O][Zr]([O]C(C)C)([O][Si](C1CCCCC1)(C1CCCCC1)C1CCCCC1)[O][Si](C1CCCCC1)(C1CCCCC1)C1CCCCC1. The molecule has 0 aromatic rings. The topological polar surface area (TPSA) is 36.9 Å². The minimum absolute atomic E-state index is 0.0843. The number of hydrogen-bond acceptors (Lipinski definition) is 4. The summed E-state index contributed by atoms with van der Waals surface area (Å²) in [6, 6.07) is 0. The zero-order chi connectivity index (χ0) is 34.2. The molecule has 6 aliphatic carbocycles. The molecule has 0 aromatic carbocycles. The zero-order valence-corrected chi connectivity index (χ0v) is 37.4. The van der Waals surface area contributed by atoms with E-state index in [1.807, 2.05) is 0 Å². The third-order valence-corrected chi connectivity index (χ3v) is 39.8. The number of hydrogen-bond donors (Lipinski definition) is 0. The van der Waals surface area contributed by atoms with Gasteiger partial charge in [0, 0.05) is 0 Å². The van der Waals surface area contributed by atoms with Crippen LogP contribution in [0.4, 0.5) is 0 Å². The Balaban J connectivity index is 1.53. The Morgan fingerprint density at radius 1 is 0.327 bits per heavy atom. The van der Waals surface area contributed by atoms with Crippen LogP contribution in [0.1, 0.15) is 220 Å². The third-order valence-electron chi connectivity index (χ3n) is 14.8. The summed E-state index contributed by atoms with van der Waals surface area (Å²) >= 11 is -4.71. The van der Waals surface area contributed by atoms with Crippen LogP contribution in [0.15, 0.2) is 0 Å². The van der Waals surface area contributed by atoms with Crippen molar-refractivity contribution in [2.75, 3.05) is 0 Å². The first kappa shape index (κ1) is 39.8. The fraction of sp³-hybridized carbons (Fsp3) is 1.00. The van der Waals surface area contributed by atoms with Gasteiger partial charge in [0.2, 0.25) is 0 Å². The summed E-state index contributed by atoms with van der Waals surface area (Å²) in [5.74, 6) is 0. The molecule has 4 nitrogen and oxygen atoms in total. The normalized spacial score (nSPS) is 26.6. The van der Waals surface area contributed by atoms with Gasteiger partial charge in [-0.3, -0.25) is 0 Å². The molecule has 284 valence electrons. The molecule has 6 rings (SSSR count). The molecule has 0 unspecified atom stereocenters. The molecule has 0 bridgehead atoms. The molecule has 0 amide bonds. The van der Waals surface area contributed by atoms with Gasteiger partial charge in [-0.2, -0.15) is 0 Å². The summed E-state index contributed by atoms with van der Waals surface area (Å²) in [5, 5.41) is 0. The summed E-state index contributed by atoms with van der Waals surface area (Å²) in [7, 11) is -4.74. The second-order valence-corrected chi connectivity index (χ2v) is 34.1. The van der Waals surface area contributed by atoms with Crippen molar-refractivity contribution in [2.45, 2.75) is 266 Å². The molecule has 6 aliphatic rings. The molecule has 49 heavy (non-hydrogen) atoms. The zero-order valence-electron chi connectivity index (χ0n) is 33.0. The van der Waals surface area contributed by atoms with Crippen molar-refractivity contribution in [1.82, 2.24) is 0 Å².